The van der Waals surface area contributed by atoms with Crippen LogP contribution in [0.15, 0.2) is 18.2 Å². The van der Waals surface area contributed by atoms with Crippen molar-refractivity contribution in [1.29, 1.82) is 0 Å². The topological polar surface area (TPSA) is 124 Å². The summed E-state index contributed by atoms with van der Waals surface area (Å²) in [5, 5.41) is 22.8. The van der Waals surface area contributed by atoms with Gasteiger partial charge in [0.15, 0.2) is 0 Å². The molecule has 8 nitrogen and oxygen atoms in total. The summed E-state index contributed by atoms with van der Waals surface area (Å²) in [5.74, 6) is -3.91. The van der Waals surface area contributed by atoms with Crippen molar-refractivity contribution in [3.63, 3.8) is 0 Å². The minimum atomic E-state index is -1.02. The second-order valence-electron chi connectivity index (χ2n) is 10.6. The largest absolute Gasteiger partial charge is 0.481 e. The lowest BCUT2D eigenvalue weighted by molar-refractivity contribution is -0.149. The van der Waals surface area contributed by atoms with Gasteiger partial charge in [-0.2, -0.15) is 0 Å². The van der Waals surface area contributed by atoms with Crippen LogP contribution in [0.2, 0.25) is 10.0 Å². The van der Waals surface area contributed by atoms with Crippen molar-refractivity contribution in [2.24, 2.45) is 17.8 Å². The van der Waals surface area contributed by atoms with E-state index in [4.69, 9.17) is 23.2 Å². The summed E-state index contributed by atoms with van der Waals surface area (Å²) < 4.78 is 0. The maximum atomic E-state index is 13.9. The molecule has 1 aromatic rings. The van der Waals surface area contributed by atoms with Gasteiger partial charge in [0.25, 0.3) is 0 Å². The van der Waals surface area contributed by atoms with E-state index in [0.717, 1.165) is 50.5 Å². The molecule has 2 saturated carbocycles. The summed E-state index contributed by atoms with van der Waals surface area (Å²) in [6, 6.07) is 4.27. The molecule has 0 aliphatic heterocycles. The van der Waals surface area contributed by atoms with Crippen molar-refractivity contribution >= 4 is 47.0 Å². The van der Waals surface area contributed by atoms with Gasteiger partial charge in [-0.1, -0.05) is 74.2 Å². The van der Waals surface area contributed by atoms with Gasteiger partial charge in [0.1, 0.15) is 6.04 Å². The molecule has 2 aliphatic rings. The normalized spacial score (nSPS) is 20.9. The number of carbonyl (C=O) groups excluding carboxylic acids is 2. The molecule has 2 fully saturated rings. The summed E-state index contributed by atoms with van der Waals surface area (Å²) >= 11 is 12.3. The number of hydrogen-bond donors (Lipinski definition) is 3. The fraction of sp³-hybridized carbons (Fsp3) is 0.643. The molecule has 0 heterocycles. The first-order valence-electron chi connectivity index (χ1n) is 13.6. The molecule has 10 heteroatoms. The number of aliphatic carboxylic acids is 2. The maximum absolute atomic E-state index is 13.9. The van der Waals surface area contributed by atoms with E-state index in [2.05, 4.69) is 5.32 Å². The van der Waals surface area contributed by atoms with Gasteiger partial charge in [-0.3, -0.25) is 19.2 Å². The van der Waals surface area contributed by atoms with E-state index >= 15 is 0 Å². The molecule has 2 aliphatic carbocycles. The van der Waals surface area contributed by atoms with Crippen LogP contribution < -0.4 is 5.32 Å². The SMILES string of the molecule is O=C(O)CCN(CCc1ccc(Cl)cc1Cl)C(=O)[C@H](CC1CCCCC1)NC(=O)[C@@H]1CCCC[C@H]1C(=O)O. The van der Waals surface area contributed by atoms with Gasteiger partial charge in [-0.05, 0) is 49.3 Å². The molecule has 0 bridgehead atoms. The van der Waals surface area contributed by atoms with Gasteiger partial charge in [0.2, 0.25) is 11.8 Å². The van der Waals surface area contributed by atoms with Crippen LogP contribution in [-0.2, 0) is 25.6 Å². The molecule has 38 heavy (non-hydrogen) atoms. The van der Waals surface area contributed by atoms with Crippen molar-refractivity contribution in [2.45, 2.75) is 83.1 Å². The van der Waals surface area contributed by atoms with E-state index in [-0.39, 0.29) is 31.3 Å². The van der Waals surface area contributed by atoms with E-state index in [0.29, 0.717) is 35.7 Å². The number of halogens is 2. The third-order valence-corrected chi connectivity index (χ3v) is 8.49. The zero-order valence-corrected chi connectivity index (χ0v) is 23.2. The van der Waals surface area contributed by atoms with E-state index in [1.807, 2.05) is 0 Å². The quantitative estimate of drug-likeness (QED) is 0.319. The molecule has 0 spiro atoms. The van der Waals surface area contributed by atoms with Crippen molar-refractivity contribution in [3.05, 3.63) is 33.8 Å². The Morgan fingerprint density at radius 3 is 2.21 bits per heavy atom. The second kappa shape index (κ2) is 14.7. The standard InChI is InChI=1S/C28H38Cl2N2O6/c29-20-11-10-19(23(30)17-20)12-14-32(15-13-25(33)34)27(36)24(16-18-6-2-1-3-7-18)31-26(35)21-8-4-5-9-22(21)28(37)38/h10-11,17-18,21-22,24H,1-9,12-16H2,(H,31,35)(H,33,34)(H,37,38)/t21-,22-,24+/m1/s1. The zero-order chi connectivity index (χ0) is 27.7. The number of nitrogens with one attached hydrogen (secondary N) is 1. The minimum Gasteiger partial charge on any atom is -0.481 e. The Hall–Kier alpha value is -2.32. The van der Waals surface area contributed by atoms with Crippen LogP contribution in [-0.4, -0.2) is 58.0 Å². The summed E-state index contributed by atoms with van der Waals surface area (Å²) in [6.07, 6.45) is 8.32. The summed E-state index contributed by atoms with van der Waals surface area (Å²) in [5.41, 5.74) is 0.781. The Morgan fingerprint density at radius 1 is 0.921 bits per heavy atom. The molecule has 0 unspecified atom stereocenters. The average Bonchev–Trinajstić information content (AvgIpc) is 2.89. The maximum Gasteiger partial charge on any atom is 0.307 e. The second-order valence-corrected chi connectivity index (χ2v) is 11.4. The van der Waals surface area contributed by atoms with Crippen LogP contribution in [0.5, 0.6) is 0 Å². The fourth-order valence-corrected chi connectivity index (χ4v) is 6.26. The summed E-state index contributed by atoms with van der Waals surface area (Å²) in [7, 11) is 0. The lowest BCUT2D eigenvalue weighted by Gasteiger charge is -2.33. The number of amides is 2. The first-order valence-corrected chi connectivity index (χ1v) is 14.4. The van der Waals surface area contributed by atoms with Gasteiger partial charge in [-0.25, -0.2) is 0 Å². The molecule has 0 radical (unpaired) electrons. The van der Waals surface area contributed by atoms with Crippen LogP contribution in [0.3, 0.4) is 0 Å². The summed E-state index contributed by atoms with van der Waals surface area (Å²) in [4.78, 5) is 51.9. The fourth-order valence-electron chi connectivity index (χ4n) is 5.76. The molecule has 3 N–H and O–H groups in total. The first-order chi connectivity index (χ1) is 18.2. The van der Waals surface area contributed by atoms with E-state index in [1.165, 1.54) is 4.90 Å². The van der Waals surface area contributed by atoms with Gasteiger partial charge in [-0.15, -0.1) is 0 Å². The molecule has 0 aromatic heterocycles. The van der Waals surface area contributed by atoms with Crippen LogP contribution in [0.25, 0.3) is 0 Å². The minimum absolute atomic E-state index is 0.00239. The Kier molecular flexibility index (Phi) is 11.7. The monoisotopic (exact) mass is 568 g/mol. The number of hydrogen-bond acceptors (Lipinski definition) is 4. The molecule has 3 rings (SSSR count). The van der Waals surface area contributed by atoms with Crippen molar-refractivity contribution in [3.8, 4) is 0 Å². The molecular formula is C28H38Cl2N2O6. The van der Waals surface area contributed by atoms with Crippen LogP contribution >= 0.6 is 23.2 Å². The van der Waals surface area contributed by atoms with Gasteiger partial charge < -0.3 is 20.4 Å². The Labute approximate surface area is 234 Å². The number of carboxylic acid groups (broad SMARTS) is 2. The predicted octanol–water partition coefficient (Wildman–Crippen LogP) is 5.19. The number of rotatable bonds is 12. The van der Waals surface area contributed by atoms with Gasteiger partial charge in [0.05, 0.1) is 18.3 Å². The highest BCUT2D eigenvalue weighted by Gasteiger charge is 2.38. The Bertz CT molecular complexity index is 998. The highest BCUT2D eigenvalue weighted by molar-refractivity contribution is 6.35. The van der Waals surface area contributed by atoms with E-state index in [1.54, 1.807) is 18.2 Å². The lowest BCUT2D eigenvalue weighted by atomic mass is 9.78. The molecule has 2 amide bonds. The molecule has 1 aromatic carbocycles. The van der Waals surface area contributed by atoms with Crippen LogP contribution in [0.1, 0.15) is 76.2 Å². The van der Waals surface area contributed by atoms with Crippen molar-refractivity contribution in [2.75, 3.05) is 13.1 Å². The lowest BCUT2D eigenvalue weighted by Crippen LogP contribution is -2.53. The van der Waals surface area contributed by atoms with Gasteiger partial charge >= 0.3 is 11.9 Å². The number of nitrogens with zero attached hydrogens (tertiary/aromatic N) is 1. The number of benzene rings is 1. The highest BCUT2D eigenvalue weighted by Crippen LogP contribution is 2.32. The molecule has 0 saturated heterocycles. The third kappa shape index (κ3) is 8.87. The Balaban J connectivity index is 1.79. The predicted molar refractivity (Wildman–Crippen MR) is 145 cm³/mol. The van der Waals surface area contributed by atoms with Crippen molar-refractivity contribution in [1.82, 2.24) is 10.2 Å². The first kappa shape index (κ1) is 30.2. The smallest absolute Gasteiger partial charge is 0.307 e. The van der Waals surface area contributed by atoms with Crippen molar-refractivity contribution < 1.29 is 29.4 Å². The number of carbonyl (C=O) groups is 4. The molecule has 210 valence electrons. The van der Waals surface area contributed by atoms with E-state index < -0.39 is 35.7 Å². The zero-order valence-electron chi connectivity index (χ0n) is 21.7. The third-order valence-electron chi connectivity index (χ3n) is 7.90. The van der Waals surface area contributed by atoms with Crippen LogP contribution in [0.4, 0.5) is 0 Å². The molecule has 3 atom stereocenters. The van der Waals surface area contributed by atoms with Crippen LogP contribution in [0, 0.1) is 17.8 Å². The number of carboxylic acids is 2. The summed E-state index contributed by atoms with van der Waals surface area (Å²) in [6.45, 7) is 0.225. The van der Waals surface area contributed by atoms with E-state index in [9.17, 15) is 29.4 Å². The Morgan fingerprint density at radius 2 is 1.58 bits per heavy atom. The highest BCUT2D eigenvalue weighted by atomic mass is 35.5. The van der Waals surface area contributed by atoms with Gasteiger partial charge in [0, 0.05) is 23.1 Å². The molecular weight excluding hydrogens is 531 g/mol. The average molecular weight is 570 g/mol.